The average Bonchev–Trinajstić information content (AvgIpc) is 2.46. The Hall–Kier alpha value is -2.16. The van der Waals surface area contributed by atoms with Crippen molar-refractivity contribution in [1.29, 1.82) is 0 Å². The lowest BCUT2D eigenvalue weighted by atomic mass is 10.2. The molecule has 19 heavy (non-hydrogen) atoms. The first-order valence-corrected chi connectivity index (χ1v) is 6.59. The molecular formula is C16H20N2O. The zero-order valence-corrected chi connectivity index (χ0v) is 11.2. The highest BCUT2D eigenvalue weighted by molar-refractivity contribution is 5.61. The molecule has 0 heterocycles. The summed E-state index contributed by atoms with van der Waals surface area (Å²) in [5, 5.41) is 3.37. The molecule has 0 atom stereocenters. The lowest BCUT2D eigenvalue weighted by molar-refractivity contribution is 0.319. The highest BCUT2D eigenvalue weighted by atomic mass is 16.5. The average molecular weight is 256 g/mol. The maximum atomic E-state index is 5.88. The molecule has 0 unspecified atom stereocenters. The van der Waals surface area contributed by atoms with Gasteiger partial charge in [0, 0.05) is 18.3 Å². The molecule has 0 radical (unpaired) electrons. The standard InChI is InChI=1S/C16H20N2O/c1-2-10-19-16-11-14(8-9-15(16)17)18-12-13-6-4-3-5-7-13/h3-9,11,18H,2,10,12,17H2,1H3. The van der Waals surface area contributed by atoms with E-state index in [1.807, 2.05) is 36.4 Å². The van der Waals surface area contributed by atoms with Crippen LogP contribution in [0, 0.1) is 0 Å². The van der Waals surface area contributed by atoms with Crippen LogP contribution < -0.4 is 15.8 Å². The van der Waals surface area contributed by atoms with Crippen molar-refractivity contribution in [3.05, 3.63) is 54.1 Å². The van der Waals surface area contributed by atoms with Gasteiger partial charge in [0.25, 0.3) is 0 Å². The molecule has 0 saturated carbocycles. The lowest BCUT2D eigenvalue weighted by Crippen LogP contribution is -2.02. The van der Waals surface area contributed by atoms with Crippen LogP contribution in [0.5, 0.6) is 5.75 Å². The van der Waals surface area contributed by atoms with E-state index < -0.39 is 0 Å². The van der Waals surface area contributed by atoms with E-state index in [1.54, 1.807) is 0 Å². The summed E-state index contributed by atoms with van der Waals surface area (Å²) in [6.45, 7) is 3.55. The van der Waals surface area contributed by atoms with Crippen LogP contribution in [0.15, 0.2) is 48.5 Å². The topological polar surface area (TPSA) is 47.3 Å². The van der Waals surface area contributed by atoms with E-state index in [1.165, 1.54) is 5.56 Å². The number of rotatable bonds is 6. The van der Waals surface area contributed by atoms with Crippen molar-refractivity contribution < 1.29 is 4.74 Å². The van der Waals surface area contributed by atoms with Crippen LogP contribution in [0.25, 0.3) is 0 Å². The Kier molecular flexibility index (Phi) is 4.67. The van der Waals surface area contributed by atoms with E-state index in [9.17, 15) is 0 Å². The van der Waals surface area contributed by atoms with Crippen molar-refractivity contribution in [2.45, 2.75) is 19.9 Å². The Balaban J connectivity index is 2.00. The Labute approximate surface area is 114 Å². The molecule has 3 heteroatoms. The number of benzene rings is 2. The van der Waals surface area contributed by atoms with E-state index in [0.29, 0.717) is 12.3 Å². The summed E-state index contributed by atoms with van der Waals surface area (Å²) in [6.07, 6.45) is 0.973. The lowest BCUT2D eigenvalue weighted by Gasteiger charge is -2.11. The molecule has 0 aliphatic rings. The molecule has 0 saturated heterocycles. The number of hydrogen-bond acceptors (Lipinski definition) is 3. The van der Waals surface area contributed by atoms with Crippen LogP contribution in [0.1, 0.15) is 18.9 Å². The smallest absolute Gasteiger partial charge is 0.144 e. The van der Waals surface area contributed by atoms with Gasteiger partial charge in [0.1, 0.15) is 5.75 Å². The van der Waals surface area contributed by atoms with Gasteiger partial charge in [-0.25, -0.2) is 0 Å². The Morgan fingerprint density at radius 1 is 1.11 bits per heavy atom. The molecule has 0 amide bonds. The second kappa shape index (κ2) is 6.69. The molecule has 2 aromatic carbocycles. The molecule has 0 fully saturated rings. The highest BCUT2D eigenvalue weighted by Crippen LogP contribution is 2.25. The quantitative estimate of drug-likeness (QED) is 0.775. The summed E-state index contributed by atoms with van der Waals surface area (Å²) in [5.74, 6) is 0.750. The molecular weight excluding hydrogens is 236 g/mol. The van der Waals surface area contributed by atoms with Crippen LogP contribution in [-0.2, 0) is 6.54 Å². The van der Waals surface area contributed by atoms with Crippen LogP contribution >= 0.6 is 0 Å². The second-order valence-corrected chi connectivity index (χ2v) is 4.44. The molecule has 0 spiro atoms. The second-order valence-electron chi connectivity index (χ2n) is 4.44. The molecule has 0 aromatic heterocycles. The summed E-state index contributed by atoms with van der Waals surface area (Å²) in [4.78, 5) is 0. The van der Waals surface area contributed by atoms with Crippen molar-refractivity contribution in [1.82, 2.24) is 0 Å². The zero-order valence-electron chi connectivity index (χ0n) is 11.2. The number of anilines is 2. The number of nitrogens with two attached hydrogens (primary N) is 1. The van der Waals surface area contributed by atoms with Gasteiger partial charge in [0.15, 0.2) is 0 Å². The molecule has 0 aliphatic carbocycles. The van der Waals surface area contributed by atoms with Gasteiger partial charge < -0.3 is 15.8 Å². The van der Waals surface area contributed by atoms with Crippen molar-refractivity contribution >= 4 is 11.4 Å². The Bertz CT molecular complexity index is 511. The molecule has 3 nitrogen and oxygen atoms in total. The van der Waals surface area contributed by atoms with E-state index in [-0.39, 0.29) is 0 Å². The minimum absolute atomic E-state index is 0.679. The summed E-state index contributed by atoms with van der Waals surface area (Å²) >= 11 is 0. The van der Waals surface area contributed by atoms with Crippen LogP contribution in [0.3, 0.4) is 0 Å². The van der Waals surface area contributed by atoms with Crippen molar-refractivity contribution in [3.63, 3.8) is 0 Å². The Morgan fingerprint density at radius 3 is 2.63 bits per heavy atom. The number of nitrogen functional groups attached to an aromatic ring is 1. The molecule has 100 valence electrons. The van der Waals surface area contributed by atoms with Gasteiger partial charge in [-0.2, -0.15) is 0 Å². The third-order valence-corrected chi connectivity index (χ3v) is 2.81. The van der Waals surface area contributed by atoms with Gasteiger partial charge in [0.2, 0.25) is 0 Å². The Morgan fingerprint density at radius 2 is 1.89 bits per heavy atom. The van der Waals surface area contributed by atoms with Crippen LogP contribution in [0.2, 0.25) is 0 Å². The van der Waals surface area contributed by atoms with Crippen molar-refractivity contribution in [2.75, 3.05) is 17.7 Å². The summed E-state index contributed by atoms with van der Waals surface area (Å²) in [6, 6.07) is 16.1. The molecule has 2 rings (SSSR count). The molecule has 0 bridgehead atoms. The number of hydrogen-bond donors (Lipinski definition) is 2. The van der Waals surface area contributed by atoms with Crippen molar-refractivity contribution in [3.8, 4) is 5.75 Å². The monoisotopic (exact) mass is 256 g/mol. The minimum atomic E-state index is 0.679. The number of nitrogens with one attached hydrogen (secondary N) is 1. The fourth-order valence-electron chi connectivity index (χ4n) is 1.78. The SMILES string of the molecule is CCCOc1cc(NCc2ccccc2)ccc1N. The fraction of sp³-hybridized carbons (Fsp3) is 0.250. The highest BCUT2D eigenvalue weighted by Gasteiger charge is 2.02. The van der Waals surface area contributed by atoms with E-state index in [2.05, 4.69) is 24.4 Å². The largest absolute Gasteiger partial charge is 0.491 e. The molecule has 2 aromatic rings. The normalized spacial score (nSPS) is 10.2. The van der Waals surface area contributed by atoms with Gasteiger partial charge in [0.05, 0.1) is 12.3 Å². The van der Waals surface area contributed by atoms with E-state index in [0.717, 1.165) is 24.4 Å². The fourth-order valence-corrected chi connectivity index (χ4v) is 1.78. The van der Waals surface area contributed by atoms with Gasteiger partial charge in [-0.3, -0.25) is 0 Å². The van der Waals surface area contributed by atoms with Crippen LogP contribution in [-0.4, -0.2) is 6.61 Å². The third kappa shape index (κ3) is 3.91. The zero-order chi connectivity index (χ0) is 13.5. The van der Waals surface area contributed by atoms with E-state index >= 15 is 0 Å². The summed E-state index contributed by atoms with van der Waals surface area (Å²) in [5.41, 5.74) is 8.83. The first-order valence-electron chi connectivity index (χ1n) is 6.59. The predicted octanol–water partition coefficient (Wildman–Crippen LogP) is 3.67. The van der Waals surface area contributed by atoms with Gasteiger partial charge >= 0.3 is 0 Å². The molecule has 0 aliphatic heterocycles. The maximum Gasteiger partial charge on any atom is 0.144 e. The maximum absolute atomic E-state index is 5.88. The molecule has 3 N–H and O–H groups in total. The first-order chi connectivity index (χ1) is 9.29. The van der Waals surface area contributed by atoms with E-state index in [4.69, 9.17) is 10.5 Å². The van der Waals surface area contributed by atoms with Crippen LogP contribution in [0.4, 0.5) is 11.4 Å². The predicted molar refractivity (Wildman–Crippen MR) is 80.4 cm³/mol. The van der Waals surface area contributed by atoms with Gasteiger partial charge in [-0.1, -0.05) is 37.3 Å². The summed E-state index contributed by atoms with van der Waals surface area (Å²) in [7, 11) is 0. The number of ether oxygens (including phenoxy) is 1. The third-order valence-electron chi connectivity index (χ3n) is 2.81. The van der Waals surface area contributed by atoms with Gasteiger partial charge in [-0.15, -0.1) is 0 Å². The minimum Gasteiger partial charge on any atom is -0.491 e. The van der Waals surface area contributed by atoms with Crippen molar-refractivity contribution in [2.24, 2.45) is 0 Å². The van der Waals surface area contributed by atoms with Gasteiger partial charge in [-0.05, 0) is 24.1 Å². The first kappa shape index (κ1) is 13.3. The summed E-state index contributed by atoms with van der Waals surface area (Å²) < 4.78 is 5.61.